The molecule has 0 radical (unpaired) electrons. The first-order valence-electron chi connectivity index (χ1n) is 10.6. The summed E-state index contributed by atoms with van der Waals surface area (Å²) in [5.41, 5.74) is 4.90. The van der Waals surface area contributed by atoms with Crippen molar-refractivity contribution in [2.45, 2.75) is 12.8 Å². The van der Waals surface area contributed by atoms with E-state index in [9.17, 15) is 4.79 Å². The number of hydrogen-bond donors (Lipinski definition) is 2. The Labute approximate surface area is 189 Å². The van der Waals surface area contributed by atoms with Gasteiger partial charge in [0.05, 0.1) is 23.0 Å². The minimum Gasteiger partial charge on any atom is -0.369 e. The van der Waals surface area contributed by atoms with Crippen LogP contribution in [0.25, 0.3) is 27.8 Å². The largest absolute Gasteiger partial charge is 0.369 e. The highest BCUT2D eigenvalue weighted by atomic mass is 16.1. The Hall–Kier alpha value is -4.40. The van der Waals surface area contributed by atoms with Crippen molar-refractivity contribution < 1.29 is 4.79 Å². The number of aromatic nitrogens is 6. The summed E-state index contributed by atoms with van der Waals surface area (Å²) < 4.78 is 1.72. The number of nitrogens with one attached hydrogen (secondary N) is 2. The molecule has 9 heteroatoms. The third-order valence-corrected chi connectivity index (χ3v) is 5.60. The molecular formula is C24H22N8O. The number of benzene rings is 1. The number of pyridine rings is 1. The van der Waals surface area contributed by atoms with Crippen LogP contribution < -0.4 is 10.6 Å². The average molecular weight is 438 g/mol. The molecule has 1 unspecified atom stereocenters. The van der Waals surface area contributed by atoms with E-state index in [0.717, 1.165) is 33.4 Å². The Morgan fingerprint density at radius 1 is 1.09 bits per heavy atom. The van der Waals surface area contributed by atoms with E-state index in [1.165, 1.54) is 6.33 Å². The Bertz CT molecular complexity index is 1460. The van der Waals surface area contributed by atoms with Gasteiger partial charge in [-0.3, -0.25) is 9.78 Å². The highest BCUT2D eigenvalue weighted by Crippen LogP contribution is 2.27. The van der Waals surface area contributed by atoms with Gasteiger partial charge in [0.2, 0.25) is 0 Å². The number of fused-ring (bicyclic) bond motifs is 2. The first-order chi connectivity index (χ1) is 16.1. The molecule has 0 aliphatic carbocycles. The third-order valence-electron chi connectivity index (χ3n) is 5.60. The van der Waals surface area contributed by atoms with Gasteiger partial charge < -0.3 is 10.6 Å². The predicted molar refractivity (Wildman–Crippen MR) is 126 cm³/mol. The second-order valence-corrected chi connectivity index (χ2v) is 7.73. The first kappa shape index (κ1) is 20.5. The van der Waals surface area contributed by atoms with Crippen LogP contribution in [0.2, 0.25) is 0 Å². The molecule has 0 aliphatic rings. The van der Waals surface area contributed by atoms with Gasteiger partial charge in [0.15, 0.2) is 5.65 Å². The van der Waals surface area contributed by atoms with Crippen molar-refractivity contribution in [1.82, 2.24) is 34.9 Å². The highest BCUT2D eigenvalue weighted by molar-refractivity contribution is 6.06. The van der Waals surface area contributed by atoms with Crippen LogP contribution in [0.15, 0.2) is 67.5 Å². The van der Waals surface area contributed by atoms with Crippen molar-refractivity contribution >= 4 is 28.3 Å². The average Bonchev–Trinajstić information content (AvgIpc) is 3.34. The van der Waals surface area contributed by atoms with Gasteiger partial charge in [0.25, 0.3) is 5.91 Å². The van der Waals surface area contributed by atoms with Crippen molar-refractivity contribution in [3.8, 4) is 11.3 Å². The molecule has 1 atom stereocenters. The van der Waals surface area contributed by atoms with Crippen molar-refractivity contribution in [2.24, 2.45) is 0 Å². The SMILES string of the molecule is CNC(=O)c1ccnc2c(C(C)CNc3cc(-c4cnc5ccnn5c4)ncn3)cccc12. The maximum atomic E-state index is 12.2. The van der Waals surface area contributed by atoms with Crippen molar-refractivity contribution in [2.75, 3.05) is 18.9 Å². The fourth-order valence-corrected chi connectivity index (χ4v) is 3.85. The zero-order valence-corrected chi connectivity index (χ0v) is 18.2. The Balaban J connectivity index is 1.37. The van der Waals surface area contributed by atoms with E-state index in [0.29, 0.717) is 17.9 Å². The summed E-state index contributed by atoms with van der Waals surface area (Å²) in [6, 6.07) is 11.4. The summed E-state index contributed by atoms with van der Waals surface area (Å²) in [4.78, 5) is 30.0. The summed E-state index contributed by atoms with van der Waals surface area (Å²) >= 11 is 0. The number of rotatable bonds is 6. The van der Waals surface area contributed by atoms with Crippen LogP contribution in [0.5, 0.6) is 0 Å². The van der Waals surface area contributed by atoms with Gasteiger partial charge >= 0.3 is 0 Å². The van der Waals surface area contributed by atoms with E-state index in [1.807, 2.05) is 36.5 Å². The number of carbonyl (C=O) groups is 1. The van der Waals surface area contributed by atoms with Crippen molar-refractivity contribution in [3.63, 3.8) is 0 Å². The smallest absolute Gasteiger partial charge is 0.251 e. The number of hydrogen-bond acceptors (Lipinski definition) is 7. The number of anilines is 1. The second kappa shape index (κ2) is 8.62. The van der Waals surface area contributed by atoms with E-state index < -0.39 is 0 Å². The molecule has 0 bridgehead atoms. The standard InChI is InChI=1S/C24H22N8O/c1-15(17-4-3-5-18-19(24(33)25-2)6-8-26-23(17)18)11-27-21-10-20(29-14-30-21)16-12-28-22-7-9-31-32(22)13-16/h3-10,12-15H,11H2,1-2H3,(H,25,33)(H,27,29,30). The third kappa shape index (κ3) is 3.96. The summed E-state index contributed by atoms with van der Waals surface area (Å²) in [5.74, 6) is 0.718. The molecule has 1 aromatic carbocycles. The van der Waals surface area contributed by atoms with E-state index in [2.05, 4.69) is 42.6 Å². The minimum atomic E-state index is -0.123. The quantitative estimate of drug-likeness (QED) is 0.418. The molecule has 0 aliphatic heterocycles. The number of para-hydroxylation sites is 1. The highest BCUT2D eigenvalue weighted by Gasteiger charge is 2.15. The molecule has 33 heavy (non-hydrogen) atoms. The fraction of sp³-hybridized carbons (Fsp3) is 0.167. The molecule has 5 aromatic rings. The Morgan fingerprint density at radius 3 is 2.88 bits per heavy atom. The lowest BCUT2D eigenvalue weighted by molar-refractivity contribution is 0.0964. The maximum absolute atomic E-state index is 12.2. The van der Waals surface area contributed by atoms with E-state index >= 15 is 0 Å². The lowest BCUT2D eigenvalue weighted by atomic mass is 9.96. The topological polar surface area (TPSA) is 110 Å². The van der Waals surface area contributed by atoms with Crippen LogP contribution >= 0.6 is 0 Å². The molecule has 2 N–H and O–H groups in total. The maximum Gasteiger partial charge on any atom is 0.251 e. The molecule has 0 saturated heterocycles. The van der Waals surface area contributed by atoms with Crippen LogP contribution in [-0.2, 0) is 0 Å². The minimum absolute atomic E-state index is 0.123. The molecule has 0 spiro atoms. The van der Waals surface area contributed by atoms with Crippen molar-refractivity contribution in [1.29, 1.82) is 0 Å². The summed E-state index contributed by atoms with van der Waals surface area (Å²) in [6.45, 7) is 2.76. The lowest BCUT2D eigenvalue weighted by Crippen LogP contribution is -2.18. The summed E-state index contributed by atoms with van der Waals surface area (Å²) in [6.07, 6.45) is 8.59. The van der Waals surface area contributed by atoms with Gasteiger partial charge in [-0.25, -0.2) is 19.5 Å². The normalized spacial score (nSPS) is 12.1. The van der Waals surface area contributed by atoms with E-state index in [4.69, 9.17) is 0 Å². The zero-order chi connectivity index (χ0) is 22.8. The van der Waals surface area contributed by atoms with Gasteiger partial charge in [-0.2, -0.15) is 5.10 Å². The van der Waals surface area contributed by atoms with Crippen molar-refractivity contribution in [3.05, 3.63) is 78.6 Å². The molecule has 0 fully saturated rings. The molecule has 9 nitrogen and oxygen atoms in total. The Kier molecular flexibility index (Phi) is 5.35. The van der Waals surface area contributed by atoms with Crippen LogP contribution in [0.4, 0.5) is 5.82 Å². The summed E-state index contributed by atoms with van der Waals surface area (Å²) in [5, 5.41) is 11.2. The molecule has 4 heterocycles. The lowest BCUT2D eigenvalue weighted by Gasteiger charge is -2.16. The molecule has 5 rings (SSSR count). The van der Waals surface area contributed by atoms with Gasteiger partial charge in [-0.1, -0.05) is 25.1 Å². The first-order valence-corrected chi connectivity index (χ1v) is 10.6. The summed E-state index contributed by atoms with van der Waals surface area (Å²) in [7, 11) is 1.63. The molecule has 0 saturated carbocycles. The van der Waals surface area contributed by atoms with Gasteiger partial charge in [0, 0.05) is 61.2 Å². The van der Waals surface area contributed by atoms with Crippen LogP contribution in [-0.4, -0.2) is 49.0 Å². The van der Waals surface area contributed by atoms with Gasteiger partial charge in [-0.15, -0.1) is 0 Å². The molecule has 1 amide bonds. The molecular weight excluding hydrogens is 416 g/mol. The van der Waals surface area contributed by atoms with E-state index in [-0.39, 0.29) is 11.8 Å². The van der Waals surface area contributed by atoms with Crippen LogP contribution in [0, 0.1) is 0 Å². The van der Waals surface area contributed by atoms with Gasteiger partial charge in [-0.05, 0) is 11.6 Å². The molecule has 164 valence electrons. The monoisotopic (exact) mass is 438 g/mol. The fourth-order valence-electron chi connectivity index (χ4n) is 3.85. The van der Waals surface area contributed by atoms with Gasteiger partial charge in [0.1, 0.15) is 12.1 Å². The van der Waals surface area contributed by atoms with Crippen LogP contribution in [0.1, 0.15) is 28.8 Å². The zero-order valence-electron chi connectivity index (χ0n) is 18.2. The predicted octanol–water partition coefficient (Wildman–Crippen LogP) is 3.31. The number of amides is 1. The Morgan fingerprint density at radius 2 is 2.00 bits per heavy atom. The molecule has 4 aromatic heterocycles. The van der Waals surface area contributed by atoms with Crippen LogP contribution in [0.3, 0.4) is 0 Å². The number of carbonyl (C=O) groups excluding carboxylic acids is 1. The number of nitrogens with zero attached hydrogens (tertiary/aromatic N) is 6. The second-order valence-electron chi connectivity index (χ2n) is 7.73. The van der Waals surface area contributed by atoms with E-state index in [1.54, 1.807) is 36.2 Å².